The Kier molecular flexibility index (Phi) is 2.48. The summed E-state index contributed by atoms with van der Waals surface area (Å²) in [6, 6.07) is 6.75. The van der Waals surface area contributed by atoms with Crippen molar-refractivity contribution in [2.24, 2.45) is 0 Å². The van der Waals surface area contributed by atoms with Gasteiger partial charge < -0.3 is 10.2 Å². The summed E-state index contributed by atoms with van der Waals surface area (Å²) in [5, 5.41) is 18.0. The summed E-state index contributed by atoms with van der Waals surface area (Å²) >= 11 is 0. The predicted molar refractivity (Wildman–Crippen MR) is 56.3 cm³/mol. The molecule has 1 aromatic carbocycles. The molecule has 1 aromatic rings. The van der Waals surface area contributed by atoms with Crippen LogP contribution in [0.25, 0.3) is 0 Å². The summed E-state index contributed by atoms with van der Waals surface area (Å²) in [6.45, 7) is 0. The molecule has 4 nitrogen and oxygen atoms in total. The van der Waals surface area contributed by atoms with Crippen molar-refractivity contribution in [1.82, 2.24) is 0 Å². The van der Waals surface area contributed by atoms with E-state index in [1.807, 2.05) is 0 Å². The van der Waals surface area contributed by atoms with Gasteiger partial charge in [-0.05, 0) is 11.1 Å². The third-order valence-corrected chi connectivity index (χ3v) is 2.69. The Hall–Kier alpha value is -2.10. The van der Waals surface area contributed by atoms with Gasteiger partial charge in [-0.2, -0.15) is 0 Å². The molecular formula is C12H10O4. The molecule has 0 amide bonds. The molecule has 0 radical (unpaired) electrons. The van der Waals surface area contributed by atoms with Crippen LogP contribution in [0.1, 0.15) is 23.0 Å². The Labute approximate surface area is 91.8 Å². The lowest BCUT2D eigenvalue weighted by Gasteiger charge is -2.21. The van der Waals surface area contributed by atoms with E-state index in [-0.39, 0.29) is 0 Å². The van der Waals surface area contributed by atoms with Gasteiger partial charge in [0, 0.05) is 0 Å². The van der Waals surface area contributed by atoms with E-state index in [9.17, 15) is 9.59 Å². The van der Waals surface area contributed by atoms with Crippen molar-refractivity contribution in [3.63, 3.8) is 0 Å². The van der Waals surface area contributed by atoms with Crippen LogP contribution >= 0.6 is 0 Å². The van der Waals surface area contributed by atoms with Crippen molar-refractivity contribution in [3.05, 3.63) is 47.5 Å². The van der Waals surface area contributed by atoms with Crippen molar-refractivity contribution in [2.45, 2.75) is 11.8 Å². The molecule has 0 heterocycles. The highest BCUT2D eigenvalue weighted by Crippen LogP contribution is 2.33. The van der Waals surface area contributed by atoms with Gasteiger partial charge >= 0.3 is 11.9 Å². The second-order valence-corrected chi connectivity index (χ2v) is 3.65. The topological polar surface area (TPSA) is 74.6 Å². The Morgan fingerprint density at radius 3 is 1.56 bits per heavy atom. The molecule has 82 valence electrons. The minimum atomic E-state index is -0.965. The summed E-state index contributed by atoms with van der Waals surface area (Å²) in [5.41, 5.74) is 1.12. The molecule has 16 heavy (non-hydrogen) atoms. The molecular weight excluding hydrogens is 208 g/mol. The fraction of sp³-hybridized carbons (Fsp3) is 0.167. The van der Waals surface area contributed by atoms with Gasteiger partial charge in [-0.1, -0.05) is 36.4 Å². The van der Waals surface area contributed by atoms with Crippen LogP contribution in [0.2, 0.25) is 0 Å². The summed E-state index contributed by atoms with van der Waals surface area (Å²) in [7, 11) is 0. The number of benzene rings is 1. The van der Waals surface area contributed by atoms with Crippen LogP contribution in [0.4, 0.5) is 0 Å². The van der Waals surface area contributed by atoms with Crippen molar-refractivity contribution < 1.29 is 19.8 Å². The monoisotopic (exact) mass is 218 g/mol. The number of carboxylic acids is 2. The second kappa shape index (κ2) is 3.81. The van der Waals surface area contributed by atoms with E-state index in [0.29, 0.717) is 11.1 Å². The highest BCUT2D eigenvalue weighted by atomic mass is 16.4. The molecule has 1 aliphatic carbocycles. The van der Waals surface area contributed by atoms with E-state index in [1.165, 1.54) is 12.2 Å². The van der Waals surface area contributed by atoms with Crippen molar-refractivity contribution >= 4 is 11.9 Å². The zero-order chi connectivity index (χ0) is 11.7. The average Bonchev–Trinajstić information content (AvgIpc) is 2.27. The molecule has 0 spiro atoms. The van der Waals surface area contributed by atoms with E-state index in [4.69, 9.17) is 10.2 Å². The van der Waals surface area contributed by atoms with E-state index >= 15 is 0 Å². The zero-order valence-corrected chi connectivity index (χ0v) is 8.33. The third kappa shape index (κ3) is 1.58. The Morgan fingerprint density at radius 1 is 0.875 bits per heavy atom. The Morgan fingerprint density at radius 2 is 1.25 bits per heavy atom. The molecule has 0 aliphatic heterocycles. The molecule has 4 heteroatoms. The number of aliphatic carboxylic acids is 2. The van der Waals surface area contributed by atoms with Crippen molar-refractivity contribution in [2.75, 3.05) is 0 Å². The molecule has 0 saturated carbocycles. The maximum absolute atomic E-state index is 11.0. The lowest BCUT2D eigenvalue weighted by Crippen LogP contribution is -2.20. The molecule has 0 unspecified atom stereocenters. The van der Waals surface area contributed by atoms with E-state index < -0.39 is 23.8 Å². The van der Waals surface area contributed by atoms with E-state index in [2.05, 4.69) is 0 Å². The van der Waals surface area contributed by atoms with Gasteiger partial charge in [0.1, 0.15) is 11.8 Å². The average molecular weight is 218 g/mol. The number of hydrogen-bond acceptors (Lipinski definition) is 2. The standard InChI is InChI=1S/C12H10O4/c13-11(14)9-5-6-10(12(15)16)8-4-2-1-3-7(8)9/h1-6,9-10H,(H,13,14)(H,15,16)/t9-,10+. The highest BCUT2D eigenvalue weighted by Gasteiger charge is 2.30. The maximum atomic E-state index is 11.0. The third-order valence-electron chi connectivity index (χ3n) is 2.69. The minimum Gasteiger partial charge on any atom is -0.481 e. The van der Waals surface area contributed by atoms with Crippen LogP contribution < -0.4 is 0 Å². The largest absolute Gasteiger partial charge is 0.481 e. The first-order chi connectivity index (χ1) is 7.61. The van der Waals surface area contributed by atoms with Crippen LogP contribution in [0.3, 0.4) is 0 Å². The second-order valence-electron chi connectivity index (χ2n) is 3.65. The molecule has 0 saturated heterocycles. The molecule has 0 aromatic heterocycles. The first-order valence-corrected chi connectivity index (χ1v) is 4.84. The smallest absolute Gasteiger partial charge is 0.314 e. The lowest BCUT2D eigenvalue weighted by atomic mass is 9.82. The predicted octanol–water partition coefficient (Wildman–Crippen LogP) is 1.59. The first-order valence-electron chi connectivity index (χ1n) is 4.84. The van der Waals surface area contributed by atoms with Gasteiger partial charge in [0.25, 0.3) is 0 Å². The minimum absolute atomic E-state index is 0.560. The van der Waals surface area contributed by atoms with Gasteiger partial charge in [-0.15, -0.1) is 0 Å². The van der Waals surface area contributed by atoms with Crippen molar-refractivity contribution in [1.29, 1.82) is 0 Å². The number of fused-ring (bicyclic) bond motifs is 1. The zero-order valence-electron chi connectivity index (χ0n) is 8.33. The number of hydrogen-bond donors (Lipinski definition) is 2. The SMILES string of the molecule is O=C(O)[C@H]1C=C[C@@H](C(=O)O)c2ccccc21. The maximum Gasteiger partial charge on any atom is 0.314 e. The molecule has 2 atom stereocenters. The quantitative estimate of drug-likeness (QED) is 0.739. The molecule has 2 rings (SSSR count). The van der Waals surface area contributed by atoms with Gasteiger partial charge in [0.05, 0.1) is 0 Å². The summed E-state index contributed by atoms with van der Waals surface area (Å²) in [6.07, 6.45) is 2.87. The molecule has 0 bridgehead atoms. The Balaban J connectivity index is 2.54. The first kappa shape index (κ1) is 10.4. The lowest BCUT2D eigenvalue weighted by molar-refractivity contribution is -0.139. The van der Waals surface area contributed by atoms with Gasteiger partial charge in [-0.3, -0.25) is 9.59 Å². The normalized spacial score (nSPS) is 22.5. The molecule has 2 N–H and O–H groups in total. The van der Waals surface area contributed by atoms with Gasteiger partial charge in [0.2, 0.25) is 0 Å². The number of carboxylic acid groups (broad SMARTS) is 2. The van der Waals surface area contributed by atoms with Crippen LogP contribution in [-0.4, -0.2) is 22.2 Å². The van der Waals surface area contributed by atoms with E-state index in [1.54, 1.807) is 24.3 Å². The molecule has 1 aliphatic rings. The summed E-state index contributed by atoms with van der Waals surface area (Å²) < 4.78 is 0. The summed E-state index contributed by atoms with van der Waals surface area (Å²) in [5.74, 6) is -3.42. The number of carbonyl (C=O) groups is 2. The highest BCUT2D eigenvalue weighted by molar-refractivity contribution is 5.85. The summed E-state index contributed by atoms with van der Waals surface area (Å²) in [4.78, 5) is 22.0. The van der Waals surface area contributed by atoms with Crippen LogP contribution in [0.5, 0.6) is 0 Å². The Bertz CT molecular complexity index is 433. The fourth-order valence-electron chi connectivity index (χ4n) is 1.94. The number of rotatable bonds is 2. The van der Waals surface area contributed by atoms with Crippen LogP contribution in [0.15, 0.2) is 36.4 Å². The van der Waals surface area contributed by atoms with E-state index in [0.717, 1.165) is 0 Å². The van der Waals surface area contributed by atoms with Crippen LogP contribution in [-0.2, 0) is 9.59 Å². The van der Waals surface area contributed by atoms with Crippen molar-refractivity contribution in [3.8, 4) is 0 Å². The van der Waals surface area contributed by atoms with Gasteiger partial charge in [0.15, 0.2) is 0 Å². The van der Waals surface area contributed by atoms with Crippen LogP contribution in [0, 0.1) is 0 Å². The van der Waals surface area contributed by atoms with Gasteiger partial charge in [-0.25, -0.2) is 0 Å². The fourth-order valence-corrected chi connectivity index (χ4v) is 1.94. The molecule has 0 fully saturated rings.